The molecule has 18 heavy (non-hydrogen) atoms. The molecule has 1 fully saturated rings. The van der Waals surface area contributed by atoms with Crippen molar-refractivity contribution in [1.82, 2.24) is 4.90 Å². The number of hydrogen-bond donors (Lipinski definition) is 1. The first kappa shape index (κ1) is 13.8. The van der Waals surface area contributed by atoms with Gasteiger partial charge in [-0.3, -0.25) is 4.90 Å². The Labute approximate surface area is 114 Å². The van der Waals surface area contributed by atoms with Gasteiger partial charge in [-0.1, -0.05) is 23.7 Å². The van der Waals surface area contributed by atoms with Crippen LogP contribution in [0.25, 0.3) is 0 Å². The highest BCUT2D eigenvalue weighted by Gasteiger charge is 2.23. The highest BCUT2D eigenvalue weighted by atomic mass is 35.5. The second-order valence-corrected chi connectivity index (χ2v) is 5.34. The molecule has 4 heteroatoms. The Morgan fingerprint density at radius 1 is 1.44 bits per heavy atom. The van der Waals surface area contributed by atoms with Crippen LogP contribution in [0.2, 0.25) is 5.02 Å². The Balaban J connectivity index is 1.90. The highest BCUT2D eigenvalue weighted by molar-refractivity contribution is 6.30. The van der Waals surface area contributed by atoms with Crippen LogP contribution in [0.15, 0.2) is 24.3 Å². The third-order valence-electron chi connectivity index (χ3n) is 3.50. The number of ether oxygens (including phenoxy) is 1. The summed E-state index contributed by atoms with van der Waals surface area (Å²) in [5.41, 5.74) is 6.99. The fraction of sp³-hybridized carbons (Fsp3) is 0.571. The summed E-state index contributed by atoms with van der Waals surface area (Å²) >= 11 is 5.89. The summed E-state index contributed by atoms with van der Waals surface area (Å²) in [7, 11) is 0. The van der Waals surface area contributed by atoms with Crippen molar-refractivity contribution in [3.05, 3.63) is 34.9 Å². The van der Waals surface area contributed by atoms with E-state index in [1.54, 1.807) is 0 Å². The molecule has 2 rings (SSSR count). The van der Waals surface area contributed by atoms with E-state index in [0.29, 0.717) is 12.6 Å². The van der Waals surface area contributed by atoms with Gasteiger partial charge in [0.2, 0.25) is 0 Å². The predicted octanol–water partition coefficient (Wildman–Crippen LogP) is 1.93. The zero-order valence-corrected chi connectivity index (χ0v) is 11.6. The minimum atomic E-state index is 0.186. The van der Waals surface area contributed by atoms with Crippen LogP contribution in [-0.4, -0.2) is 43.3 Å². The molecule has 0 spiro atoms. The lowest BCUT2D eigenvalue weighted by molar-refractivity contribution is -0.0358. The normalized spacial score (nSPS) is 22.9. The van der Waals surface area contributed by atoms with Crippen molar-refractivity contribution in [1.29, 1.82) is 0 Å². The van der Waals surface area contributed by atoms with Gasteiger partial charge in [0, 0.05) is 30.7 Å². The van der Waals surface area contributed by atoms with Crippen LogP contribution in [0, 0.1) is 0 Å². The summed E-state index contributed by atoms with van der Waals surface area (Å²) in [6.45, 7) is 5.57. The summed E-state index contributed by atoms with van der Waals surface area (Å²) in [6, 6.07) is 8.60. The van der Waals surface area contributed by atoms with Crippen molar-refractivity contribution in [2.24, 2.45) is 5.73 Å². The third kappa shape index (κ3) is 3.69. The van der Waals surface area contributed by atoms with Crippen LogP contribution in [0.4, 0.5) is 0 Å². The molecule has 2 unspecified atom stereocenters. The number of benzene rings is 1. The first-order valence-electron chi connectivity index (χ1n) is 6.49. The third-order valence-corrected chi connectivity index (χ3v) is 3.75. The standard InChI is InChI=1S/C14H21ClN2O/c1-11(8-12-2-4-13(15)5-3-12)17-6-7-18-14(9-16)10-17/h2-5,11,14H,6-10,16H2,1H3. The molecule has 2 atom stereocenters. The topological polar surface area (TPSA) is 38.5 Å². The molecular formula is C14H21ClN2O. The molecule has 1 heterocycles. The molecule has 1 aliphatic rings. The smallest absolute Gasteiger partial charge is 0.0824 e. The zero-order valence-electron chi connectivity index (χ0n) is 10.8. The molecule has 1 aromatic carbocycles. The predicted molar refractivity (Wildman–Crippen MR) is 75.0 cm³/mol. The first-order chi connectivity index (χ1) is 8.69. The van der Waals surface area contributed by atoms with Crippen molar-refractivity contribution in [2.75, 3.05) is 26.2 Å². The van der Waals surface area contributed by atoms with Gasteiger partial charge in [-0.15, -0.1) is 0 Å². The van der Waals surface area contributed by atoms with E-state index in [1.807, 2.05) is 12.1 Å². The number of nitrogens with zero attached hydrogens (tertiary/aromatic N) is 1. The quantitative estimate of drug-likeness (QED) is 0.907. The Morgan fingerprint density at radius 2 is 2.17 bits per heavy atom. The van der Waals surface area contributed by atoms with Crippen molar-refractivity contribution in [3.63, 3.8) is 0 Å². The van der Waals surface area contributed by atoms with Crippen LogP contribution >= 0.6 is 11.6 Å². The summed E-state index contributed by atoms with van der Waals surface area (Å²) in [5, 5.41) is 0.793. The average Bonchev–Trinajstić information content (AvgIpc) is 2.41. The number of halogens is 1. The van der Waals surface area contributed by atoms with Crippen molar-refractivity contribution >= 4 is 11.6 Å². The van der Waals surface area contributed by atoms with Gasteiger partial charge in [-0.2, -0.15) is 0 Å². The van der Waals surface area contributed by atoms with Gasteiger partial charge in [0.1, 0.15) is 0 Å². The summed E-state index contributed by atoms with van der Waals surface area (Å²) in [5.74, 6) is 0. The highest BCUT2D eigenvalue weighted by Crippen LogP contribution is 2.15. The minimum Gasteiger partial charge on any atom is -0.374 e. The van der Waals surface area contributed by atoms with Gasteiger partial charge >= 0.3 is 0 Å². The Bertz CT molecular complexity index is 369. The molecule has 0 aliphatic carbocycles. The largest absolute Gasteiger partial charge is 0.374 e. The minimum absolute atomic E-state index is 0.186. The van der Waals surface area contributed by atoms with E-state index < -0.39 is 0 Å². The Morgan fingerprint density at radius 3 is 2.83 bits per heavy atom. The Kier molecular flexibility index (Phi) is 5.01. The SMILES string of the molecule is CC(Cc1ccc(Cl)cc1)N1CCOC(CN)C1. The van der Waals surface area contributed by atoms with Crippen LogP contribution in [0.5, 0.6) is 0 Å². The second kappa shape index (κ2) is 6.53. The number of morpholine rings is 1. The maximum atomic E-state index is 5.89. The number of nitrogens with two attached hydrogens (primary N) is 1. The fourth-order valence-electron chi connectivity index (χ4n) is 2.38. The van der Waals surface area contributed by atoms with Crippen LogP contribution in [-0.2, 0) is 11.2 Å². The zero-order chi connectivity index (χ0) is 13.0. The van der Waals surface area contributed by atoms with Gasteiger partial charge in [0.05, 0.1) is 12.7 Å². The summed E-state index contributed by atoms with van der Waals surface area (Å²) in [6.07, 6.45) is 1.22. The molecule has 100 valence electrons. The molecule has 0 amide bonds. The van der Waals surface area contributed by atoms with Gasteiger partial charge in [0.15, 0.2) is 0 Å². The van der Waals surface area contributed by atoms with E-state index in [9.17, 15) is 0 Å². The van der Waals surface area contributed by atoms with Crippen LogP contribution < -0.4 is 5.73 Å². The van der Waals surface area contributed by atoms with E-state index >= 15 is 0 Å². The average molecular weight is 269 g/mol. The monoisotopic (exact) mass is 268 g/mol. The lowest BCUT2D eigenvalue weighted by atomic mass is 10.1. The maximum absolute atomic E-state index is 5.89. The van der Waals surface area contributed by atoms with Crippen molar-refractivity contribution in [3.8, 4) is 0 Å². The molecule has 0 saturated carbocycles. The second-order valence-electron chi connectivity index (χ2n) is 4.90. The molecule has 1 aliphatic heterocycles. The van der Waals surface area contributed by atoms with Crippen molar-refractivity contribution < 1.29 is 4.74 Å². The van der Waals surface area contributed by atoms with E-state index in [4.69, 9.17) is 22.1 Å². The molecule has 1 saturated heterocycles. The maximum Gasteiger partial charge on any atom is 0.0824 e. The van der Waals surface area contributed by atoms with E-state index in [0.717, 1.165) is 31.1 Å². The number of rotatable bonds is 4. The fourth-order valence-corrected chi connectivity index (χ4v) is 2.50. The van der Waals surface area contributed by atoms with Crippen LogP contribution in [0.1, 0.15) is 12.5 Å². The molecule has 3 nitrogen and oxygen atoms in total. The molecule has 2 N–H and O–H groups in total. The van der Waals surface area contributed by atoms with E-state index in [-0.39, 0.29) is 6.10 Å². The van der Waals surface area contributed by atoms with E-state index in [2.05, 4.69) is 24.0 Å². The lowest BCUT2D eigenvalue weighted by Gasteiger charge is -2.36. The first-order valence-corrected chi connectivity index (χ1v) is 6.87. The Hall–Kier alpha value is -0.610. The molecule has 1 aromatic rings. The van der Waals surface area contributed by atoms with Gasteiger partial charge in [0.25, 0.3) is 0 Å². The van der Waals surface area contributed by atoms with Crippen LogP contribution in [0.3, 0.4) is 0 Å². The van der Waals surface area contributed by atoms with E-state index in [1.165, 1.54) is 5.56 Å². The lowest BCUT2D eigenvalue weighted by Crippen LogP contribution is -2.49. The molecular weight excluding hydrogens is 248 g/mol. The van der Waals surface area contributed by atoms with Gasteiger partial charge in [-0.25, -0.2) is 0 Å². The van der Waals surface area contributed by atoms with Crippen molar-refractivity contribution in [2.45, 2.75) is 25.5 Å². The molecule has 0 radical (unpaired) electrons. The van der Waals surface area contributed by atoms with Gasteiger partial charge in [-0.05, 0) is 31.0 Å². The molecule has 0 aromatic heterocycles. The molecule has 0 bridgehead atoms. The summed E-state index contributed by atoms with van der Waals surface area (Å²) < 4.78 is 5.59. The number of hydrogen-bond acceptors (Lipinski definition) is 3. The van der Waals surface area contributed by atoms with Gasteiger partial charge < -0.3 is 10.5 Å². The summed E-state index contributed by atoms with van der Waals surface area (Å²) in [4.78, 5) is 2.45.